The number of carbonyl (C=O) groups is 2. The lowest BCUT2D eigenvalue weighted by molar-refractivity contribution is -0.132. The molecule has 0 atom stereocenters. The number of hydrogen-bond acceptors (Lipinski definition) is 2. The Labute approximate surface area is 218 Å². The van der Waals surface area contributed by atoms with Gasteiger partial charge in [-0.05, 0) is 48.9 Å². The van der Waals surface area contributed by atoms with Gasteiger partial charge in [0.2, 0.25) is 5.91 Å². The quantitative estimate of drug-likeness (QED) is 0.309. The van der Waals surface area contributed by atoms with E-state index in [4.69, 9.17) is 0 Å². The number of aromatic nitrogens is 1. The van der Waals surface area contributed by atoms with Crippen LogP contribution in [0.15, 0.2) is 85.1 Å². The molecular formula is C31H34N4O2. The Kier molecular flexibility index (Phi) is 7.54. The number of benzene rings is 3. The average Bonchev–Trinajstić information content (AvgIpc) is 3.69. The van der Waals surface area contributed by atoms with Crippen molar-refractivity contribution in [3.63, 3.8) is 0 Å². The molecule has 1 aliphatic carbocycles. The van der Waals surface area contributed by atoms with Gasteiger partial charge in [-0.3, -0.25) is 4.79 Å². The number of hydrogen-bond donors (Lipinski definition) is 2. The summed E-state index contributed by atoms with van der Waals surface area (Å²) in [6.07, 6.45) is 4.66. The summed E-state index contributed by atoms with van der Waals surface area (Å²) in [5.41, 5.74) is 5.61. The molecule has 190 valence electrons. The van der Waals surface area contributed by atoms with Gasteiger partial charge in [0.15, 0.2) is 0 Å². The van der Waals surface area contributed by atoms with E-state index in [1.54, 1.807) is 4.90 Å². The number of amides is 3. The number of aryl methyl sites for hydroxylation is 1. The molecule has 3 amide bonds. The van der Waals surface area contributed by atoms with Crippen LogP contribution in [-0.2, 0) is 24.3 Å². The lowest BCUT2D eigenvalue weighted by atomic mass is 10.1. The molecular weight excluding hydrogens is 460 g/mol. The summed E-state index contributed by atoms with van der Waals surface area (Å²) in [6, 6.07) is 26.3. The largest absolute Gasteiger partial charge is 0.361 e. The summed E-state index contributed by atoms with van der Waals surface area (Å²) >= 11 is 0. The minimum absolute atomic E-state index is 0.0258. The minimum Gasteiger partial charge on any atom is -0.361 e. The lowest BCUT2D eigenvalue weighted by Crippen LogP contribution is -2.47. The van der Waals surface area contributed by atoms with Crippen LogP contribution in [0.3, 0.4) is 0 Å². The number of nitrogens with one attached hydrogen (secondary N) is 2. The normalized spacial score (nSPS) is 12.9. The smallest absolute Gasteiger partial charge is 0.318 e. The summed E-state index contributed by atoms with van der Waals surface area (Å²) < 4.78 is 0. The Morgan fingerprint density at radius 1 is 0.919 bits per heavy atom. The molecule has 1 heterocycles. The third-order valence-electron chi connectivity index (χ3n) is 7.01. The molecule has 0 aliphatic heterocycles. The summed E-state index contributed by atoms with van der Waals surface area (Å²) in [6.45, 7) is 3.70. The molecule has 37 heavy (non-hydrogen) atoms. The van der Waals surface area contributed by atoms with Crippen molar-refractivity contribution < 1.29 is 9.59 Å². The molecule has 1 fully saturated rings. The molecule has 1 aromatic heterocycles. The molecule has 6 heteroatoms. The van der Waals surface area contributed by atoms with Gasteiger partial charge >= 0.3 is 6.03 Å². The SMILES string of the molecule is Cc1ccc(CN(CCc2c[nH]c3ccccc23)C(=O)CN(C(=O)NCc2ccccc2)C2CC2)cc1. The van der Waals surface area contributed by atoms with Crippen LogP contribution in [0.5, 0.6) is 0 Å². The van der Waals surface area contributed by atoms with Crippen molar-refractivity contribution in [1.29, 1.82) is 0 Å². The van der Waals surface area contributed by atoms with Gasteiger partial charge in [0, 0.05) is 42.8 Å². The molecule has 0 spiro atoms. The van der Waals surface area contributed by atoms with E-state index in [2.05, 4.69) is 53.6 Å². The third kappa shape index (κ3) is 6.39. The minimum atomic E-state index is -0.174. The fraction of sp³-hybridized carbons (Fsp3) is 0.290. The highest BCUT2D eigenvalue weighted by Gasteiger charge is 2.34. The number of rotatable bonds is 10. The van der Waals surface area contributed by atoms with E-state index in [0.29, 0.717) is 19.6 Å². The predicted octanol–water partition coefficient (Wildman–Crippen LogP) is 5.42. The Balaban J connectivity index is 1.28. The number of para-hydroxylation sites is 1. The van der Waals surface area contributed by atoms with Crippen molar-refractivity contribution in [3.8, 4) is 0 Å². The van der Waals surface area contributed by atoms with E-state index in [0.717, 1.165) is 35.9 Å². The molecule has 0 bridgehead atoms. The van der Waals surface area contributed by atoms with Crippen LogP contribution in [0.1, 0.15) is 35.1 Å². The maximum Gasteiger partial charge on any atom is 0.318 e. The van der Waals surface area contributed by atoms with Gasteiger partial charge in [0.1, 0.15) is 6.54 Å². The van der Waals surface area contributed by atoms with Crippen LogP contribution in [0.4, 0.5) is 4.79 Å². The predicted molar refractivity (Wildman–Crippen MR) is 147 cm³/mol. The fourth-order valence-corrected chi connectivity index (χ4v) is 4.67. The van der Waals surface area contributed by atoms with Gasteiger partial charge < -0.3 is 20.1 Å². The Morgan fingerprint density at radius 2 is 1.65 bits per heavy atom. The fourth-order valence-electron chi connectivity index (χ4n) is 4.67. The standard InChI is InChI=1S/C31H34N4O2/c1-23-11-13-25(14-12-23)21-34(18-17-26-20-32-29-10-6-5-9-28(26)29)30(36)22-35(27-15-16-27)31(37)33-19-24-7-3-2-4-8-24/h2-14,20,27,32H,15-19,21-22H2,1H3,(H,33,37). The average molecular weight is 495 g/mol. The van der Waals surface area contributed by atoms with Crippen molar-refractivity contribution in [3.05, 3.63) is 107 Å². The number of aromatic amines is 1. The van der Waals surface area contributed by atoms with Crippen molar-refractivity contribution in [2.75, 3.05) is 13.1 Å². The van der Waals surface area contributed by atoms with Crippen LogP contribution in [0.2, 0.25) is 0 Å². The highest BCUT2D eigenvalue weighted by molar-refractivity contribution is 5.85. The second-order valence-corrected chi connectivity index (χ2v) is 9.91. The number of H-pyrrole nitrogens is 1. The molecule has 3 aromatic carbocycles. The van der Waals surface area contributed by atoms with Gasteiger partial charge in [0.05, 0.1) is 0 Å². The molecule has 0 radical (unpaired) electrons. The second-order valence-electron chi connectivity index (χ2n) is 9.91. The molecule has 1 aliphatic rings. The highest BCUT2D eigenvalue weighted by atomic mass is 16.2. The van der Waals surface area contributed by atoms with E-state index in [-0.39, 0.29) is 24.5 Å². The first-order valence-electron chi connectivity index (χ1n) is 13.0. The van der Waals surface area contributed by atoms with E-state index >= 15 is 0 Å². The molecule has 1 saturated carbocycles. The highest BCUT2D eigenvalue weighted by Crippen LogP contribution is 2.27. The van der Waals surface area contributed by atoms with E-state index in [1.165, 1.54) is 16.5 Å². The third-order valence-corrected chi connectivity index (χ3v) is 7.01. The second kappa shape index (κ2) is 11.3. The van der Waals surface area contributed by atoms with Crippen molar-refractivity contribution in [1.82, 2.24) is 20.1 Å². The topological polar surface area (TPSA) is 68.4 Å². The van der Waals surface area contributed by atoms with Crippen molar-refractivity contribution in [2.45, 2.75) is 45.3 Å². The molecule has 0 saturated heterocycles. The first-order valence-corrected chi connectivity index (χ1v) is 13.0. The van der Waals surface area contributed by atoms with Gasteiger partial charge in [-0.2, -0.15) is 0 Å². The zero-order valence-corrected chi connectivity index (χ0v) is 21.3. The first-order chi connectivity index (χ1) is 18.1. The molecule has 5 rings (SSSR count). The summed E-state index contributed by atoms with van der Waals surface area (Å²) in [4.78, 5) is 33.7. The van der Waals surface area contributed by atoms with Gasteiger partial charge in [-0.25, -0.2) is 4.79 Å². The van der Waals surface area contributed by atoms with E-state index in [9.17, 15) is 9.59 Å². The van der Waals surface area contributed by atoms with Crippen LogP contribution in [-0.4, -0.2) is 45.9 Å². The van der Waals surface area contributed by atoms with Crippen molar-refractivity contribution in [2.24, 2.45) is 0 Å². The van der Waals surface area contributed by atoms with Gasteiger partial charge in [-0.15, -0.1) is 0 Å². The first kappa shape index (κ1) is 24.6. The van der Waals surface area contributed by atoms with Crippen molar-refractivity contribution >= 4 is 22.8 Å². The van der Waals surface area contributed by atoms with Crippen LogP contribution in [0.25, 0.3) is 10.9 Å². The van der Waals surface area contributed by atoms with Gasteiger partial charge in [0.25, 0.3) is 0 Å². The van der Waals surface area contributed by atoms with Crippen LogP contribution in [0, 0.1) is 6.92 Å². The monoisotopic (exact) mass is 494 g/mol. The van der Waals surface area contributed by atoms with Crippen LogP contribution < -0.4 is 5.32 Å². The van der Waals surface area contributed by atoms with E-state index < -0.39 is 0 Å². The number of fused-ring (bicyclic) bond motifs is 1. The maximum absolute atomic E-state index is 13.7. The summed E-state index contributed by atoms with van der Waals surface area (Å²) in [5, 5.41) is 4.19. The Morgan fingerprint density at radius 3 is 2.41 bits per heavy atom. The molecule has 4 aromatic rings. The van der Waals surface area contributed by atoms with E-state index in [1.807, 2.05) is 53.6 Å². The summed E-state index contributed by atoms with van der Waals surface area (Å²) in [7, 11) is 0. The Hall–Kier alpha value is -4.06. The van der Waals surface area contributed by atoms with Gasteiger partial charge in [-0.1, -0.05) is 78.4 Å². The van der Waals surface area contributed by atoms with Crippen LogP contribution >= 0.6 is 0 Å². The molecule has 6 nitrogen and oxygen atoms in total. The molecule has 0 unspecified atom stereocenters. The summed E-state index contributed by atoms with van der Waals surface area (Å²) in [5.74, 6) is -0.0258. The zero-order valence-electron chi connectivity index (χ0n) is 21.3. The number of carbonyl (C=O) groups excluding carboxylic acids is 2. The maximum atomic E-state index is 13.7. The lowest BCUT2D eigenvalue weighted by Gasteiger charge is -2.28. The molecule has 2 N–H and O–H groups in total. The zero-order chi connectivity index (χ0) is 25.6. The number of urea groups is 1. The Bertz CT molecular complexity index is 1340. The number of nitrogens with zero attached hydrogens (tertiary/aromatic N) is 2.